The van der Waals surface area contributed by atoms with Crippen LogP contribution in [0, 0.1) is 5.92 Å². The van der Waals surface area contributed by atoms with E-state index in [0.29, 0.717) is 16.7 Å². The Morgan fingerprint density at radius 2 is 1.88 bits per heavy atom. The summed E-state index contributed by atoms with van der Waals surface area (Å²) >= 11 is 0. The second-order valence-electron chi connectivity index (χ2n) is 10.1. The van der Waals surface area contributed by atoms with Crippen LogP contribution in [0.4, 0.5) is 5.69 Å². The maximum absolute atomic E-state index is 12.9. The van der Waals surface area contributed by atoms with Gasteiger partial charge in [-0.2, -0.15) is 10.1 Å². The van der Waals surface area contributed by atoms with E-state index < -0.39 is 0 Å². The molecule has 1 aliphatic carbocycles. The molecule has 0 atom stereocenters. The number of carbonyl (C=O) groups is 2. The van der Waals surface area contributed by atoms with Gasteiger partial charge in [0, 0.05) is 30.3 Å². The largest absolute Gasteiger partial charge is 0.344 e. The molecular formula is C27H35N3O2. The van der Waals surface area contributed by atoms with Gasteiger partial charge in [-0.3, -0.25) is 9.59 Å². The summed E-state index contributed by atoms with van der Waals surface area (Å²) in [6.07, 6.45) is 7.67. The molecule has 1 aromatic carbocycles. The van der Waals surface area contributed by atoms with E-state index in [9.17, 15) is 9.59 Å². The molecule has 0 radical (unpaired) electrons. The van der Waals surface area contributed by atoms with Gasteiger partial charge in [0.2, 0.25) is 5.91 Å². The molecule has 1 saturated carbocycles. The second-order valence-corrected chi connectivity index (χ2v) is 10.1. The lowest BCUT2D eigenvalue weighted by atomic mass is 9.81. The molecule has 2 heterocycles. The van der Waals surface area contributed by atoms with Crippen molar-refractivity contribution in [3.63, 3.8) is 0 Å². The molecule has 0 N–H and O–H groups in total. The van der Waals surface area contributed by atoms with E-state index in [0.717, 1.165) is 17.3 Å². The topological polar surface area (TPSA) is 53.0 Å². The molecule has 2 amide bonds. The summed E-state index contributed by atoms with van der Waals surface area (Å²) in [7, 11) is 0. The van der Waals surface area contributed by atoms with Crippen molar-refractivity contribution in [3.8, 4) is 0 Å². The Kier molecular flexibility index (Phi) is 5.43. The summed E-state index contributed by atoms with van der Waals surface area (Å²) in [4.78, 5) is 27.1. The average molecular weight is 434 g/mol. The molecule has 170 valence electrons. The fourth-order valence-corrected chi connectivity index (χ4v) is 5.23. The molecule has 2 aliphatic heterocycles. The van der Waals surface area contributed by atoms with Crippen LogP contribution in [0.5, 0.6) is 0 Å². The minimum absolute atomic E-state index is 0.0512. The highest BCUT2D eigenvalue weighted by Gasteiger charge is 2.45. The Labute approximate surface area is 191 Å². The van der Waals surface area contributed by atoms with Crippen molar-refractivity contribution >= 4 is 23.2 Å². The van der Waals surface area contributed by atoms with Crippen LogP contribution in [0.1, 0.15) is 78.9 Å². The van der Waals surface area contributed by atoms with Crippen LogP contribution in [0.3, 0.4) is 0 Å². The maximum Gasteiger partial charge on any atom is 0.283 e. The van der Waals surface area contributed by atoms with E-state index in [4.69, 9.17) is 0 Å². The third-order valence-corrected chi connectivity index (χ3v) is 7.51. The number of nitrogens with zero attached hydrogens (tertiary/aromatic N) is 3. The number of allylic oxidation sites excluding steroid dienone is 3. The number of amides is 2. The summed E-state index contributed by atoms with van der Waals surface area (Å²) in [6.45, 7) is 15.2. The fraction of sp³-hybridized carbons (Fsp3) is 0.519. The Hall–Kier alpha value is -2.69. The van der Waals surface area contributed by atoms with Gasteiger partial charge in [0.15, 0.2) is 0 Å². The van der Waals surface area contributed by atoms with Crippen molar-refractivity contribution in [2.24, 2.45) is 11.0 Å². The zero-order valence-corrected chi connectivity index (χ0v) is 20.5. The molecule has 3 aliphatic rings. The van der Waals surface area contributed by atoms with E-state index >= 15 is 0 Å². The molecule has 5 heteroatoms. The highest BCUT2D eigenvalue weighted by molar-refractivity contribution is 6.28. The number of imide groups is 1. The molecule has 1 aromatic rings. The lowest BCUT2D eigenvalue weighted by Gasteiger charge is -2.26. The van der Waals surface area contributed by atoms with Gasteiger partial charge in [0.25, 0.3) is 5.91 Å². The van der Waals surface area contributed by atoms with E-state index in [1.807, 2.05) is 19.9 Å². The molecule has 0 aromatic heterocycles. The monoisotopic (exact) mass is 433 g/mol. The number of benzene rings is 1. The van der Waals surface area contributed by atoms with Crippen molar-refractivity contribution in [2.75, 3.05) is 11.4 Å². The third kappa shape index (κ3) is 3.33. The number of hydrogen-bond donors (Lipinski definition) is 0. The van der Waals surface area contributed by atoms with Gasteiger partial charge in [0.1, 0.15) is 0 Å². The van der Waals surface area contributed by atoms with E-state index in [-0.39, 0.29) is 23.1 Å². The number of hydrazone groups is 1. The predicted octanol–water partition coefficient (Wildman–Crippen LogP) is 5.46. The lowest BCUT2D eigenvalue weighted by molar-refractivity contribution is -0.139. The minimum atomic E-state index is -0.356. The molecular weight excluding hydrogens is 398 g/mol. The Balaban J connectivity index is 1.77. The number of fused-ring (bicyclic) bond motifs is 1. The second kappa shape index (κ2) is 7.72. The van der Waals surface area contributed by atoms with Gasteiger partial charge < -0.3 is 4.90 Å². The Bertz CT molecular complexity index is 1070. The van der Waals surface area contributed by atoms with Crippen molar-refractivity contribution in [1.29, 1.82) is 0 Å². The summed E-state index contributed by atoms with van der Waals surface area (Å²) in [5, 5.41) is 5.29. The van der Waals surface area contributed by atoms with Gasteiger partial charge in [-0.05, 0) is 66.9 Å². The third-order valence-electron chi connectivity index (χ3n) is 7.51. The number of carbonyl (C=O) groups excluding carboxylic acids is 2. The van der Waals surface area contributed by atoms with Crippen LogP contribution in [0.15, 0.2) is 46.7 Å². The first-order valence-corrected chi connectivity index (χ1v) is 11.9. The zero-order chi connectivity index (χ0) is 23.4. The van der Waals surface area contributed by atoms with Gasteiger partial charge in [0.05, 0.1) is 11.3 Å². The van der Waals surface area contributed by atoms with Crippen molar-refractivity contribution in [3.05, 3.63) is 52.7 Å². The minimum Gasteiger partial charge on any atom is -0.344 e. The summed E-state index contributed by atoms with van der Waals surface area (Å²) < 4.78 is 0. The van der Waals surface area contributed by atoms with Gasteiger partial charge >= 0.3 is 0 Å². The summed E-state index contributed by atoms with van der Waals surface area (Å²) in [5.74, 6) is -0.642. The first kappa shape index (κ1) is 22.5. The summed E-state index contributed by atoms with van der Waals surface area (Å²) in [6, 6.07) is 7.00. The van der Waals surface area contributed by atoms with Crippen molar-refractivity contribution in [2.45, 2.75) is 78.6 Å². The predicted molar refractivity (Wildman–Crippen MR) is 130 cm³/mol. The van der Waals surface area contributed by atoms with E-state index in [2.05, 4.69) is 62.0 Å². The molecule has 32 heavy (non-hydrogen) atoms. The molecule has 0 saturated heterocycles. The van der Waals surface area contributed by atoms with Crippen molar-refractivity contribution < 1.29 is 9.59 Å². The van der Waals surface area contributed by atoms with Gasteiger partial charge in [-0.1, -0.05) is 46.8 Å². The first-order valence-electron chi connectivity index (χ1n) is 11.9. The van der Waals surface area contributed by atoms with Crippen LogP contribution >= 0.6 is 0 Å². The molecule has 0 bridgehead atoms. The smallest absolute Gasteiger partial charge is 0.283 e. The average Bonchev–Trinajstić information content (AvgIpc) is 3.43. The van der Waals surface area contributed by atoms with E-state index in [1.165, 1.54) is 43.0 Å². The van der Waals surface area contributed by atoms with Gasteiger partial charge in [-0.15, -0.1) is 0 Å². The maximum atomic E-state index is 12.9. The normalized spacial score (nSPS) is 23.4. The quantitative estimate of drug-likeness (QED) is 0.580. The van der Waals surface area contributed by atoms with Crippen LogP contribution < -0.4 is 4.90 Å². The van der Waals surface area contributed by atoms with Crippen LogP contribution in [0.25, 0.3) is 0 Å². The fourth-order valence-electron chi connectivity index (χ4n) is 5.23. The zero-order valence-electron chi connectivity index (χ0n) is 20.5. The highest BCUT2D eigenvalue weighted by atomic mass is 16.2. The number of hydrogen-bond acceptors (Lipinski definition) is 4. The number of rotatable bonds is 5. The molecule has 0 unspecified atom stereocenters. The van der Waals surface area contributed by atoms with Crippen LogP contribution in [-0.2, 0) is 20.4 Å². The van der Waals surface area contributed by atoms with Crippen molar-refractivity contribution in [1.82, 2.24) is 5.01 Å². The highest BCUT2D eigenvalue weighted by Crippen LogP contribution is 2.54. The molecule has 1 fully saturated rings. The van der Waals surface area contributed by atoms with Crippen LogP contribution in [0.2, 0.25) is 0 Å². The number of anilines is 1. The van der Waals surface area contributed by atoms with Crippen LogP contribution in [-0.4, -0.2) is 29.1 Å². The van der Waals surface area contributed by atoms with Gasteiger partial charge in [-0.25, -0.2) is 0 Å². The molecule has 5 nitrogen and oxygen atoms in total. The number of likely N-dealkylation sites (N-methyl/N-ethyl adjacent to an activating group) is 1. The Morgan fingerprint density at radius 3 is 2.41 bits per heavy atom. The standard InChI is InChI=1S/C27H35N3O2/c1-8-27(14-15-27)19-10-12-22-21(16-19)26(6,7)23(29(22)9-2)13-11-20-24(17(3)4)28-30(18(5)31)25(20)32/h10-13,16-17H,8-9,14-15H2,1-7H3/b20-11+,23-13-. The SMILES string of the molecule is CCN1/C(=C\C=C2\C(=O)N(C(C)=O)N=C2C(C)C)C(C)(C)c2cc(C3(CC)CC3)ccc21. The summed E-state index contributed by atoms with van der Waals surface area (Å²) in [5.41, 5.74) is 6.58. The molecule has 4 rings (SSSR count). The van der Waals surface area contributed by atoms with E-state index in [1.54, 1.807) is 0 Å². The first-order chi connectivity index (χ1) is 15.1. The molecule has 0 spiro atoms. The lowest BCUT2D eigenvalue weighted by Crippen LogP contribution is -2.27. The Morgan fingerprint density at radius 1 is 1.19 bits per heavy atom.